The maximum atomic E-state index is 12.7. The van der Waals surface area contributed by atoms with Gasteiger partial charge in [-0.05, 0) is 72.9 Å². The molecule has 0 fully saturated rings. The van der Waals surface area contributed by atoms with Gasteiger partial charge in [-0.15, -0.1) is 0 Å². The summed E-state index contributed by atoms with van der Waals surface area (Å²) in [6.07, 6.45) is 2.92. The summed E-state index contributed by atoms with van der Waals surface area (Å²) in [7, 11) is 1.66. The lowest BCUT2D eigenvalue weighted by Gasteiger charge is -2.26. The molecule has 1 amide bonds. The number of nitrogens with zero attached hydrogens (tertiary/aromatic N) is 1. The molecule has 6 heteroatoms. The van der Waals surface area contributed by atoms with Gasteiger partial charge in [-0.3, -0.25) is 9.89 Å². The number of H-pyrrole nitrogens is 1. The average molecular weight is 363 g/mol. The van der Waals surface area contributed by atoms with Crippen LogP contribution in [0, 0.1) is 0 Å². The van der Waals surface area contributed by atoms with E-state index in [9.17, 15) is 9.90 Å². The van der Waals surface area contributed by atoms with E-state index in [1.165, 1.54) is 5.56 Å². The van der Waals surface area contributed by atoms with Crippen molar-refractivity contribution in [2.75, 3.05) is 7.11 Å². The predicted octanol–water partition coefficient (Wildman–Crippen LogP) is 3.60. The van der Waals surface area contributed by atoms with Crippen LogP contribution in [0.2, 0.25) is 0 Å². The smallest absolute Gasteiger partial charge is 0.269 e. The minimum Gasteiger partial charge on any atom is -0.508 e. The van der Waals surface area contributed by atoms with Gasteiger partial charge >= 0.3 is 0 Å². The molecule has 0 radical (unpaired) electrons. The van der Waals surface area contributed by atoms with E-state index in [1.807, 2.05) is 18.2 Å². The molecule has 2 aromatic carbocycles. The van der Waals surface area contributed by atoms with Crippen molar-refractivity contribution in [3.05, 3.63) is 65.4 Å². The van der Waals surface area contributed by atoms with E-state index in [0.29, 0.717) is 11.4 Å². The first-order chi connectivity index (χ1) is 13.1. The predicted molar refractivity (Wildman–Crippen MR) is 102 cm³/mol. The highest BCUT2D eigenvalue weighted by atomic mass is 16.5. The fourth-order valence-electron chi connectivity index (χ4n) is 3.52. The number of carbonyl (C=O) groups is 1. The number of carbonyl (C=O) groups excluding carboxylic acids is 1. The van der Waals surface area contributed by atoms with E-state index in [0.717, 1.165) is 36.1 Å². The number of phenols is 1. The highest BCUT2D eigenvalue weighted by Gasteiger charge is 2.23. The fraction of sp³-hybridized carbons (Fsp3) is 0.238. The van der Waals surface area contributed by atoms with Crippen LogP contribution in [0.25, 0.3) is 11.3 Å². The molecule has 3 N–H and O–H groups in total. The van der Waals surface area contributed by atoms with Crippen LogP contribution in [0.3, 0.4) is 0 Å². The molecular weight excluding hydrogens is 342 g/mol. The van der Waals surface area contributed by atoms with Crippen LogP contribution in [0.15, 0.2) is 48.5 Å². The third-order valence-electron chi connectivity index (χ3n) is 4.96. The maximum Gasteiger partial charge on any atom is 0.269 e. The number of aromatic amines is 1. The number of methoxy groups -OCH3 is 1. The number of aromatic nitrogens is 2. The first kappa shape index (κ1) is 17.1. The normalized spacial score (nSPS) is 15.8. The van der Waals surface area contributed by atoms with Crippen LogP contribution in [0.1, 0.15) is 40.5 Å². The van der Waals surface area contributed by atoms with E-state index in [4.69, 9.17) is 4.74 Å². The number of amides is 1. The van der Waals surface area contributed by atoms with Crippen molar-refractivity contribution in [1.82, 2.24) is 15.5 Å². The van der Waals surface area contributed by atoms with Crippen molar-refractivity contribution in [2.45, 2.75) is 25.3 Å². The van der Waals surface area contributed by atoms with Crippen LogP contribution in [0.4, 0.5) is 0 Å². The van der Waals surface area contributed by atoms with Gasteiger partial charge in [0, 0.05) is 5.56 Å². The molecule has 138 valence electrons. The van der Waals surface area contributed by atoms with Crippen LogP contribution in [-0.4, -0.2) is 28.3 Å². The quantitative estimate of drug-likeness (QED) is 0.661. The number of aromatic hydroxyl groups is 1. The number of rotatable bonds is 4. The summed E-state index contributed by atoms with van der Waals surface area (Å²) < 4.78 is 5.30. The first-order valence-corrected chi connectivity index (χ1v) is 8.96. The molecule has 1 aliphatic rings. The highest BCUT2D eigenvalue weighted by molar-refractivity contribution is 5.93. The zero-order chi connectivity index (χ0) is 18.8. The number of benzene rings is 2. The zero-order valence-corrected chi connectivity index (χ0v) is 15.0. The van der Waals surface area contributed by atoms with Crippen molar-refractivity contribution in [1.29, 1.82) is 0 Å². The van der Waals surface area contributed by atoms with Gasteiger partial charge in [0.25, 0.3) is 5.91 Å². The summed E-state index contributed by atoms with van der Waals surface area (Å²) in [6.45, 7) is 0. The minimum atomic E-state index is -0.179. The Kier molecular flexibility index (Phi) is 4.54. The Morgan fingerprint density at radius 3 is 2.81 bits per heavy atom. The lowest BCUT2D eigenvalue weighted by molar-refractivity contribution is 0.0927. The largest absolute Gasteiger partial charge is 0.508 e. The summed E-state index contributed by atoms with van der Waals surface area (Å²) in [4.78, 5) is 12.7. The van der Waals surface area contributed by atoms with Gasteiger partial charge in [0.2, 0.25) is 0 Å². The summed E-state index contributed by atoms with van der Waals surface area (Å²) in [5, 5.41) is 19.5. The Morgan fingerprint density at radius 1 is 1.22 bits per heavy atom. The van der Waals surface area contributed by atoms with Crippen molar-refractivity contribution >= 4 is 5.91 Å². The molecule has 1 heterocycles. The SMILES string of the molecule is COc1ccc2c(c1)CCCC2NC(=O)c1cc(-c2ccc(O)cc2)n[nH]1. The molecule has 3 aromatic rings. The van der Waals surface area contributed by atoms with E-state index < -0.39 is 0 Å². The third kappa shape index (κ3) is 3.51. The highest BCUT2D eigenvalue weighted by Crippen LogP contribution is 2.32. The summed E-state index contributed by atoms with van der Waals surface area (Å²) in [5.41, 5.74) is 4.28. The number of nitrogens with one attached hydrogen (secondary N) is 2. The lowest BCUT2D eigenvalue weighted by Crippen LogP contribution is -2.31. The topological polar surface area (TPSA) is 87.2 Å². The van der Waals surface area contributed by atoms with Gasteiger partial charge in [-0.25, -0.2) is 0 Å². The first-order valence-electron chi connectivity index (χ1n) is 8.96. The van der Waals surface area contributed by atoms with Crippen LogP contribution in [-0.2, 0) is 6.42 Å². The van der Waals surface area contributed by atoms with Crippen LogP contribution in [0.5, 0.6) is 11.5 Å². The molecule has 6 nitrogen and oxygen atoms in total. The molecule has 27 heavy (non-hydrogen) atoms. The Labute approximate surface area is 157 Å². The molecule has 0 bridgehead atoms. The number of phenolic OH excluding ortho intramolecular Hbond substituents is 1. The number of hydrogen-bond donors (Lipinski definition) is 3. The van der Waals surface area contributed by atoms with Gasteiger partial charge < -0.3 is 15.2 Å². The number of hydrogen-bond acceptors (Lipinski definition) is 4. The summed E-state index contributed by atoms with van der Waals surface area (Å²) >= 11 is 0. The molecule has 0 aliphatic heterocycles. The monoisotopic (exact) mass is 363 g/mol. The molecule has 0 saturated carbocycles. The molecule has 0 spiro atoms. The molecular formula is C21H21N3O3. The van der Waals surface area contributed by atoms with Crippen LogP contribution < -0.4 is 10.1 Å². The fourth-order valence-corrected chi connectivity index (χ4v) is 3.52. The average Bonchev–Trinajstić information content (AvgIpc) is 3.18. The zero-order valence-electron chi connectivity index (χ0n) is 15.0. The van der Waals surface area contributed by atoms with Crippen molar-refractivity contribution < 1.29 is 14.6 Å². The summed E-state index contributed by atoms with van der Waals surface area (Å²) in [5.74, 6) is 0.855. The molecule has 1 aliphatic carbocycles. The molecule has 1 aromatic heterocycles. The second kappa shape index (κ2) is 7.15. The van der Waals surface area contributed by atoms with Gasteiger partial charge in [0.1, 0.15) is 17.2 Å². The van der Waals surface area contributed by atoms with Crippen LogP contribution >= 0.6 is 0 Å². The van der Waals surface area contributed by atoms with E-state index in [2.05, 4.69) is 15.5 Å². The second-order valence-electron chi connectivity index (χ2n) is 6.70. The molecule has 1 unspecified atom stereocenters. The third-order valence-corrected chi connectivity index (χ3v) is 4.96. The Bertz CT molecular complexity index is 963. The number of aryl methyl sites for hydroxylation is 1. The Balaban J connectivity index is 1.51. The Hall–Kier alpha value is -3.28. The molecule has 1 atom stereocenters. The van der Waals surface area contributed by atoms with E-state index in [-0.39, 0.29) is 17.7 Å². The van der Waals surface area contributed by atoms with Crippen molar-refractivity contribution in [3.63, 3.8) is 0 Å². The molecule has 4 rings (SSSR count). The maximum absolute atomic E-state index is 12.7. The minimum absolute atomic E-state index is 0.0208. The van der Waals surface area contributed by atoms with Gasteiger partial charge in [0.15, 0.2) is 0 Å². The molecule has 0 saturated heterocycles. The lowest BCUT2D eigenvalue weighted by atomic mass is 9.87. The van der Waals surface area contributed by atoms with Crippen molar-refractivity contribution in [3.8, 4) is 22.8 Å². The van der Waals surface area contributed by atoms with Gasteiger partial charge in [0.05, 0.1) is 18.8 Å². The standard InChI is InChI=1S/C21H21N3O3/c1-27-16-9-10-17-14(11-16)3-2-4-18(17)22-21(26)20-12-19(23-24-20)13-5-7-15(25)8-6-13/h5-12,18,25H,2-4H2,1H3,(H,22,26)(H,23,24). The van der Waals surface area contributed by atoms with Gasteiger partial charge in [-0.2, -0.15) is 5.10 Å². The van der Waals surface area contributed by atoms with Gasteiger partial charge in [-0.1, -0.05) is 6.07 Å². The Morgan fingerprint density at radius 2 is 2.04 bits per heavy atom. The second-order valence-corrected chi connectivity index (χ2v) is 6.70. The number of fused-ring (bicyclic) bond motifs is 1. The summed E-state index contributed by atoms with van der Waals surface area (Å²) in [6, 6.07) is 14.4. The van der Waals surface area contributed by atoms with E-state index >= 15 is 0 Å². The number of ether oxygens (including phenoxy) is 1. The van der Waals surface area contributed by atoms with Crippen molar-refractivity contribution in [2.24, 2.45) is 0 Å². The van der Waals surface area contributed by atoms with E-state index in [1.54, 1.807) is 37.4 Å².